The Balaban J connectivity index is 3.11. The fourth-order valence-corrected chi connectivity index (χ4v) is 0.762. The number of H-pyrrole nitrogens is 1. The molecule has 0 fully saturated rings. The van der Waals surface area contributed by atoms with Crippen LogP contribution in [0.25, 0.3) is 0 Å². The fraction of sp³-hybridized carbons (Fsp3) is 0.571. The number of halogens is 3. The Labute approximate surface area is 82.3 Å². The number of aromatic amines is 1. The zero-order valence-electron chi connectivity index (χ0n) is 7.92. The summed E-state index contributed by atoms with van der Waals surface area (Å²) < 4.78 is 41.3. The lowest BCUT2D eigenvalue weighted by Crippen LogP contribution is -2.23. The Morgan fingerprint density at radius 1 is 1.33 bits per heavy atom. The zero-order chi connectivity index (χ0) is 11.6. The standard InChI is InChI=1S/C7H8F3N3O2/c1-3(2)15-6-12-4(7(8,9)10)11-5(14)13-6/h3H,1-2H3,(H,11,12,13,14). The van der Waals surface area contributed by atoms with Crippen LogP contribution in [0.4, 0.5) is 13.2 Å². The molecular weight excluding hydrogens is 215 g/mol. The highest BCUT2D eigenvalue weighted by molar-refractivity contribution is 4.98. The van der Waals surface area contributed by atoms with Crippen LogP contribution in [0.5, 0.6) is 6.01 Å². The van der Waals surface area contributed by atoms with Crippen molar-refractivity contribution in [3.63, 3.8) is 0 Å². The molecule has 15 heavy (non-hydrogen) atoms. The minimum atomic E-state index is -4.73. The lowest BCUT2D eigenvalue weighted by molar-refractivity contribution is -0.145. The summed E-state index contributed by atoms with van der Waals surface area (Å²) in [6, 6.07) is -0.582. The highest BCUT2D eigenvalue weighted by Crippen LogP contribution is 2.25. The molecular formula is C7H8F3N3O2. The van der Waals surface area contributed by atoms with E-state index in [1.165, 1.54) is 4.98 Å². The van der Waals surface area contributed by atoms with E-state index in [1.54, 1.807) is 13.8 Å². The van der Waals surface area contributed by atoms with Crippen LogP contribution in [-0.4, -0.2) is 21.1 Å². The fourth-order valence-electron chi connectivity index (χ4n) is 0.762. The highest BCUT2D eigenvalue weighted by atomic mass is 19.4. The van der Waals surface area contributed by atoms with Crippen molar-refractivity contribution >= 4 is 0 Å². The molecule has 0 aromatic carbocycles. The molecule has 0 aliphatic heterocycles. The van der Waals surface area contributed by atoms with E-state index < -0.39 is 29.8 Å². The van der Waals surface area contributed by atoms with Crippen LogP contribution in [-0.2, 0) is 6.18 Å². The van der Waals surface area contributed by atoms with Crippen molar-refractivity contribution in [3.8, 4) is 6.01 Å². The van der Waals surface area contributed by atoms with Crippen molar-refractivity contribution in [3.05, 3.63) is 16.3 Å². The van der Waals surface area contributed by atoms with E-state index in [9.17, 15) is 18.0 Å². The van der Waals surface area contributed by atoms with Crippen molar-refractivity contribution in [1.82, 2.24) is 15.0 Å². The van der Waals surface area contributed by atoms with Gasteiger partial charge in [-0.15, -0.1) is 4.98 Å². The van der Waals surface area contributed by atoms with Gasteiger partial charge in [-0.25, -0.2) is 4.79 Å². The molecule has 0 aliphatic carbocycles. The number of nitrogens with zero attached hydrogens (tertiary/aromatic N) is 2. The molecule has 1 N–H and O–H groups in total. The lowest BCUT2D eigenvalue weighted by atomic mass is 10.5. The molecule has 1 rings (SSSR count). The van der Waals surface area contributed by atoms with Gasteiger partial charge in [0.1, 0.15) is 0 Å². The first kappa shape index (κ1) is 11.5. The maximum Gasteiger partial charge on any atom is 0.449 e. The smallest absolute Gasteiger partial charge is 0.449 e. The number of aromatic nitrogens is 3. The van der Waals surface area contributed by atoms with Crippen LogP contribution < -0.4 is 10.4 Å². The van der Waals surface area contributed by atoms with E-state index in [2.05, 4.69) is 9.97 Å². The third-order valence-corrected chi connectivity index (χ3v) is 1.24. The van der Waals surface area contributed by atoms with E-state index in [0.29, 0.717) is 0 Å². The largest absolute Gasteiger partial charge is 0.461 e. The third kappa shape index (κ3) is 3.22. The van der Waals surface area contributed by atoms with Gasteiger partial charge in [0.25, 0.3) is 0 Å². The Bertz CT molecular complexity index is 399. The summed E-state index contributed by atoms with van der Waals surface area (Å²) in [6.45, 7) is 3.16. The van der Waals surface area contributed by atoms with Gasteiger partial charge in [0.15, 0.2) is 0 Å². The third-order valence-electron chi connectivity index (χ3n) is 1.24. The molecule has 0 aliphatic rings. The Hall–Kier alpha value is -1.60. The quantitative estimate of drug-likeness (QED) is 0.811. The van der Waals surface area contributed by atoms with Crippen LogP contribution in [0.15, 0.2) is 4.79 Å². The van der Waals surface area contributed by atoms with Gasteiger partial charge in [0.05, 0.1) is 6.10 Å². The molecule has 84 valence electrons. The molecule has 0 spiro atoms. The minimum Gasteiger partial charge on any atom is -0.461 e. The van der Waals surface area contributed by atoms with Gasteiger partial charge < -0.3 is 4.74 Å². The number of alkyl halides is 3. The molecule has 0 saturated carbocycles. The van der Waals surface area contributed by atoms with Crippen LogP contribution in [0.3, 0.4) is 0 Å². The van der Waals surface area contributed by atoms with Crippen molar-refractivity contribution in [1.29, 1.82) is 0 Å². The normalized spacial score (nSPS) is 11.9. The van der Waals surface area contributed by atoms with Crippen molar-refractivity contribution in [2.75, 3.05) is 0 Å². The Morgan fingerprint density at radius 3 is 2.40 bits per heavy atom. The minimum absolute atomic E-state index is 0.409. The van der Waals surface area contributed by atoms with Gasteiger partial charge in [-0.2, -0.15) is 18.2 Å². The summed E-state index contributed by atoms with van der Waals surface area (Å²) in [4.78, 5) is 18.4. The van der Waals surface area contributed by atoms with Crippen LogP contribution >= 0.6 is 0 Å². The first-order valence-corrected chi connectivity index (χ1v) is 4.01. The summed E-state index contributed by atoms with van der Waals surface area (Å²) >= 11 is 0. The zero-order valence-corrected chi connectivity index (χ0v) is 7.92. The molecule has 5 nitrogen and oxygen atoms in total. The van der Waals surface area contributed by atoms with E-state index in [-0.39, 0.29) is 0 Å². The molecule has 0 saturated heterocycles. The second-order valence-electron chi connectivity index (χ2n) is 2.95. The summed E-state index contributed by atoms with van der Waals surface area (Å²) in [7, 11) is 0. The van der Waals surface area contributed by atoms with E-state index in [0.717, 1.165) is 0 Å². The summed E-state index contributed by atoms with van der Waals surface area (Å²) in [6.07, 6.45) is -5.13. The summed E-state index contributed by atoms with van der Waals surface area (Å²) in [5.41, 5.74) is -1.15. The first-order valence-electron chi connectivity index (χ1n) is 4.01. The van der Waals surface area contributed by atoms with Crippen molar-refractivity contribution < 1.29 is 17.9 Å². The van der Waals surface area contributed by atoms with Gasteiger partial charge in [-0.05, 0) is 13.8 Å². The number of ether oxygens (including phenoxy) is 1. The lowest BCUT2D eigenvalue weighted by Gasteiger charge is -2.09. The average molecular weight is 223 g/mol. The van der Waals surface area contributed by atoms with Crippen LogP contribution in [0, 0.1) is 0 Å². The van der Waals surface area contributed by atoms with Gasteiger partial charge >= 0.3 is 17.9 Å². The molecule has 0 amide bonds. The monoisotopic (exact) mass is 223 g/mol. The maximum atomic E-state index is 12.2. The first-order chi connectivity index (χ1) is 6.79. The molecule has 8 heteroatoms. The van der Waals surface area contributed by atoms with Crippen LogP contribution in [0.1, 0.15) is 19.7 Å². The van der Waals surface area contributed by atoms with Gasteiger partial charge in [0.2, 0.25) is 5.82 Å². The number of nitrogens with one attached hydrogen (secondary N) is 1. The second-order valence-corrected chi connectivity index (χ2v) is 2.95. The van der Waals surface area contributed by atoms with Gasteiger partial charge in [-0.1, -0.05) is 0 Å². The molecule has 1 heterocycles. The van der Waals surface area contributed by atoms with Crippen LogP contribution in [0.2, 0.25) is 0 Å². The van der Waals surface area contributed by atoms with E-state index in [4.69, 9.17) is 4.74 Å². The Morgan fingerprint density at radius 2 is 1.93 bits per heavy atom. The molecule has 1 aromatic heterocycles. The molecule has 0 bridgehead atoms. The summed E-state index contributed by atoms with van der Waals surface area (Å²) in [5, 5.41) is 0. The molecule has 0 radical (unpaired) electrons. The van der Waals surface area contributed by atoms with Crippen molar-refractivity contribution in [2.24, 2.45) is 0 Å². The average Bonchev–Trinajstić information content (AvgIpc) is 1.99. The van der Waals surface area contributed by atoms with Gasteiger partial charge in [0, 0.05) is 0 Å². The predicted molar refractivity (Wildman–Crippen MR) is 43.4 cm³/mol. The molecule has 0 atom stereocenters. The maximum absolute atomic E-state index is 12.2. The highest BCUT2D eigenvalue weighted by Gasteiger charge is 2.35. The summed E-state index contributed by atoms with van der Waals surface area (Å²) in [5.74, 6) is -1.42. The molecule has 1 aromatic rings. The number of hydrogen-bond acceptors (Lipinski definition) is 4. The number of rotatable bonds is 2. The van der Waals surface area contributed by atoms with Crippen molar-refractivity contribution in [2.45, 2.75) is 26.1 Å². The van der Waals surface area contributed by atoms with Gasteiger partial charge in [-0.3, -0.25) is 4.98 Å². The van der Waals surface area contributed by atoms with E-state index >= 15 is 0 Å². The number of hydrogen-bond donors (Lipinski definition) is 1. The predicted octanol–water partition coefficient (Wildman–Crippen LogP) is 0.971. The molecule has 0 unspecified atom stereocenters. The second kappa shape index (κ2) is 3.87. The SMILES string of the molecule is CC(C)Oc1nc(C(F)(F)F)[nH]c(=O)n1. The topological polar surface area (TPSA) is 67.9 Å². The van der Waals surface area contributed by atoms with E-state index in [1.807, 2.05) is 0 Å². The Kier molecular flexibility index (Phi) is 2.96.